The van der Waals surface area contributed by atoms with E-state index in [0.29, 0.717) is 30.5 Å². The van der Waals surface area contributed by atoms with Gasteiger partial charge in [0.2, 0.25) is 5.88 Å². The van der Waals surface area contributed by atoms with Gasteiger partial charge >= 0.3 is 5.97 Å². The first-order chi connectivity index (χ1) is 21.3. The molecular formula is C31H39N5O9S. The van der Waals surface area contributed by atoms with E-state index in [9.17, 15) is 33.0 Å². The smallest absolute Gasteiger partial charge is 0.336 e. The van der Waals surface area contributed by atoms with Crippen molar-refractivity contribution in [3.8, 4) is 17.0 Å². The highest BCUT2D eigenvalue weighted by Crippen LogP contribution is 2.30. The van der Waals surface area contributed by atoms with Crippen LogP contribution in [-0.4, -0.2) is 77.3 Å². The number of aromatic nitrogens is 1. The van der Waals surface area contributed by atoms with Crippen LogP contribution in [0.5, 0.6) is 5.88 Å². The third kappa shape index (κ3) is 11.9. The van der Waals surface area contributed by atoms with Crippen LogP contribution in [0, 0.1) is 10.8 Å². The number of ether oxygens (including phenoxy) is 1. The summed E-state index contributed by atoms with van der Waals surface area (Å²) in [5, 5.41) is 32.8. The van der Waals surface area contributed by atoms with Crippen LogP contribution in [-0.2, 0) is 10.1 Å². The van der Waals surface area contributed by atoms with E-state index < -0.39 is 33.9 Å². The molecule has 0 saturated heterocycles. The number of hydrogen-bond donors (Lipinski definition) is 7. The lowest BCUT2D eigenvalue weighted by Gasteiger charge is -2.25. The fourth-order valence-electron chi connectivity index (χ4n) is 4.25. The summed E-state index contributed by atoms with van der Waals surface area (Å²) in [6, 6.07) is 13.0. The summed E-state index contributed by atoms with van der Waals surface area (Å²) < 4.78 is 31.3. The number of amidine groups is 1. The number of carbonyl (C=O) groups is 3. The minimum Gasteiger partial charge on any atom is -0.478 e. The van der Waals surface area contributed by atoms with Crippen LogP contribution < -0.4 is 21.1 Å². The molecule has 3 rings (SSSR count). The molecule has 15 heteroatoms. The first kappa shape index (κ1) is 37.3. The highest BCUT2D eigenvalue weighted by atomic mass is 32.2. The number of carbonyl (C=O) groups excluding carboxylic acids is 2. The van der Waals surface area contributed by atoms with Gasteiger partial charge in [0, 0.05) is 28.4 Å². The Hall–Kier alpha value is -4.86. The number of aromatic carboxylic acids is 1. The summed E-state index contributed by atoms with van der Waals surface area (Å²) >= 11 is 0. The van der Waals surface area contributed by atoms with Crippen LogP contribution >= 0.6 is 0 Å². The second-order valence-electron chi connectivity index (χ2n) is 11.3. The van der Waals surface area contributed by atoms with Gasteiger partial charge in [-0.3, -0.25) is 19.6 Å². The summed E-state index contributed by atoms with van der Waals surface area (Å²) in [5.41, 5.74) is 6.44. The molecule has 0 radical (unpaired) electrons. The van der Waals surface area contributed by atoms with Crippen molar-refractivity contribution in [1.29, 1.82) is 5.41 Å². The number of aliphatic hydroxyl groups is 1. The third-order valence-electron chi connectivity index (χ3n) is 6.05. The Morgan fingerprint density at radius 1 is 1.00 bits per heavy atom. The lowest BCUT2D eigenvalue weighted by atomic mass is 9.88. The SMILES string of the molecule is CCOc1ccc(-c2ccc(C(=O)NC(CO)CC(C)(C)C)cc2C(=O)O)c(C(=O)Nc2ccc(C(=N)N)cc2)n1.CS(=O)(=O)O. The summed E-state index contributed by atoms with van der Waals surface area (Å²) in [4.78, 5) is 43.0. The van der Waals surface area contributed by atoms with Crippen molar-refractivity contribution >= 4 is 39.4 Å². The van der Waals surface area contributed by atoms with Gasteiger partial charge in [-0.1, -0.05) is 26.8 Å². The van der Waals surface area contributed by atoms with E-state index >= 15 is 0 Å². The fraction of sp³-hybridized carbons (Fsp3) is 0.323. The second kappa shape index (κ2) is 15.9. The minimum atomic E-state index is -3.67. The maximum absolute atomic E-state index is 13.4. The van der Waals surface area contributed by atoms with Gasteiger partial charge in [0.1, 0.15) is 11.5 Å². The number of nitrogens with two attached hydrogens (primary N) is 1. The number of anilines is 1. The predicted octanol–water partition coefficient (Wildman–Crippen LogP) is 3.41. The molecule has 0 spiro atoms. The maximum Gasteiger partial charge on any atom is 0.336 e. The molecule has 14 nitrogen and oxygen atoms in total. The largest absolute Gasteiger partial charge is 0.478 e. The van der Waals surface area contributed by atoms with E-state index in [1.165, 1.54) is 24.3 Å². The Bertz CT molecular complexity index is 1680. The van der Waals surface area contributed by atoms with Gasteiger partial charge < -0.3 is 31.3 Å². The highest BCUT2D eigenvalue weighted by Gasteiger charge is 2.24. The first-order valence-corrected chi connectivity index (χ1v) is 15.8. The van der Waals surface area contributed by atoms with Crippen molar-refractivity contribution in [2.24, 2.45) is 11.1 Å². The van der Waals surface area contributed by atoms with Crippen LogP contribution in [0.4, 0.5) is 5.69 Å². The molecule has 0 bridgehead atoms. The van der Waals surface area contributed by atoms with Gasteiger partial charge in [-0.25, -0.2) is 9.78 Å². The molecule has 2 amide bonds. The molecule has 46 heavy (non-hydrogen) atoms. The Kier molecular flexibility index (Phi) is 12.9. The van der Waals surface area contributed by atoms with Gasteiger partial charge in [0.25, 0.3) is 21.9 Å². The van der Waals surface area contributed by atoms with Crippen molar-refractivity contribution in [2.75, 3.05) is 24.8 Å². The molecule has 0 aliphatic rings. The van der Waals surface area contributed by atoms with Gasteiger partial charge in [-0.05, 0) is 66.8 Å². The highest BCUT2D eigenvalue weighted by molar-refractivity contribution is 7.85. The van der Waals surface area contributed by atoms with Gasteiger partial charge in [0.15, 0.2) is 0 Å². The topological polar surface area (TPSA) is 242 Å². The second-order valence-corrected chi connectivity index (χ2v) is 12.8. The van der Waals surface area contributed by atoms with Gasteiger partial charge in [0.05, 0.1) is 31.1 Å². The van der Waals surface area contributed by atoms with Crippen molar-refractivity contribution in [2.45, 2.75) is 40.2 Å². The van der Waals surface area contributed by atoms with Crippen molar-refractivity contribution in [3.63, 3.8) is 0 Å². The zero-order valence-corrected chi connectivity index (χ0v) is 26.9. The number of pyridine rings is 1. The summed E-state index contributed by atoms with van der Waals surface area (Å²) in [5.74, 6) is -2.39. The molecular weight excluding hydrogens is 618 g/mol. The molecule has 0 fully saturated rings. The molecule has 3 aromatic rings. The molecule has 0 aliphatic carbocycles. The molecule has 1 aromatic heterocycles. The molecule has 2 aromatic carbocycles. The first-order valence-electron chi connectivity index (χ1n) is 13.9. The molecule has 1 atom stereocenters. The van der Waals surface area contributed by atoms with E-state index in [2.05, 4.69) is 15.6 Å². The van der Waals surface area contributed by atoms with E-state index in [1.807, 2.05) is 20.8 Å². The maximum atomic E-state index is 13.4. The normalized spacial score (nSPS) is 11.8. The Morgan fingerprint density at radius 2 is 1.57 bits per heavy atom. The fourth-order valence-corrected chi connectivity index (χ4v) is 4.25. The summed E-state index contributed by atoms with van der Waals surface area (Å²) in [6.45, 7) is 7.76. The Balaban J connectivity index is 0.00000136. The Labute approximate surface area is 267 Å². The molecule has 0 saturated carbocycles. The number of amides is 2. The standard InChI is InChI=1S/C30H35N5O6.CH4O3S/c1-5-41-24-13-12-22(25(35-24)28(38)33-19-9-6-17(7-10-19)26(31)32)21-11-8-18(14-23(21)29(39)40)27(37)34-20(16-36)15-30(2,3)4;1-5(2,3)4/h6-14,20,36H,5,15-16H2,1-4H3,(H3,31,32)(H,33,38)(H,34,37)(H,39,40);1H3,(H,2,3,4). The van der Waals surface area contributed by atoms with Crippen LogP contribution in [0.3, 0.4) is 0 Å². The molecule has 1 heterocycles. The summed E-state index contributed by atoms with van der Waals surface area (Å²) in [6.07, 6.45) is 1.24. The van der Waals surface area contributed by atoms with Crippen molar-refractivity contribution in [1.82, 2.24) is 10.3 Å². The van der Waals surface area contributed by atoms with Gasteiger partial charge in [-0.2, -0.15) is 8.42 Å². The minimum absolute atomic E-state index is 0.0863. The van der Waals surface area contributed by atoms with Crippen molar-refractivity contribution < 1.29 is 42.3 Å². The number of nitrogens with one attached hydrogen (secondary N) is 3. The van der Waals surface area contributed by atoms with Crippen LogP contribution in [0.25, 0.3) is 11.1 Å². The number of carboxylic acid groups (broad SMARTS) is 1. The average molecular weight is 658 g/mol. The number of hydrogen-bond acceptors (Lipinski definition) is 9. The number of nitrogens with zero attached hydrogens (tertiary/aromatic N) is 1. The molecule has 8 N–H and O–H groups in total. The van der Waals surface area contributed by atoms with E-state index in [0.717, 1.165) is 0 Å². The third-order valence-corrected chi connectivity index (χ3v) is 6.05. The zero-order valence-electron chi connectivity index (χ0n) is 26.1. The van der Waals surface area contributed by atoms with E-state index in [4.69, 9.17) is 20.4 Å². The lowest BCUT2D eigenvalue weighted by Crippen LogP contribution is -2.40. The lowest BCUT2D eigenvalue weighted by molar-refractivity contribution is 0.0697. The molecule has 0 aliphatic heterocycles. The number of carboxylic acids is 1. The molecule has 1 unspecified atom stereocenters. The summed E-state index contributed by atoms with van der Waals surface area (Å²) in [7, 11) is -3.67. The monoisotopic (exact) mass is 657 g/mol. The van der Waals surface area contributed by atoms with E-state index in [-0.39, 0.29) is 51.7 Å². The van der Waals surface area contributed by atoms with Crippen molar-refractivity contribution in [3.05, 3.63) is 77.0 Å². The number of nitrogen functional groups attached to an aromatic ring is 1. The number of aliphatic hydroxyl groups excluding tert-OH is 1. The Morgan fingerprint density at radius 3 is 2.07 bits per heavy atom. The van der Waals surface area contributed by atoms with Gasteiger partial charge in [-0.15, -0.1) is 0 Å². The number of benzene rings is 2. The predicted molar refractivity (Wildman–Crippen MR) is 173 cm³/mol. The molecule has 248 valence electrons. The quantitative estimate of drug-likeness (QED) is 0.0895. The number of rotatable bonds is 11. The van der Waals surface area contributed by atoms with E-state index in [1.54, 1.807) is 37.3 Å². The average Bonchev–Trinajstić information content (AvgIpc) is 2.95. The van der Waals surface area contributed by atoms with Crippen LogP contribution in [0.2, 0.25) is 0 Å². The van der Waals surface area contributed by atoms with Crippen LogP contribution in [0.1, 0.15) is 70.9 Å². The van der Waals surface area contributed by atoms with Crippen LogP contribution in [0.15, 0.2) is 54.6 Å². The zero-order chi connectivity index (χ0) is 34.8.